The Bertz CT molecular complexity index is 1920. The standard InChI is InChI=1S/C35H32O15/c36-12-23-27(42)29(44)31(46)35(49-23)47-18-4-1-13(2-5-18)32-24(15-7-16(37)10-17(38)8-15)25-21(41)11-22-26(34(25)50-32)28(43)30(45)33(48-22)14-3-6-19(39)20(40)9-14/h1-11,23-24,27,29-33,35-42,44-46H,12H2/t23-,24+,27-,29+,30-,31-,32-,33+,35-/m1/s1. The quantitative estimate of drug-likeness (QED) is 0.128. The van der Waals surface area contributed by atoms with Crippen LogP contribution >= 0.6 is 0 Å². The topological polar surface area (TPSA) is 256 Å². The summed E-state index contributed by atoms with van der Waals surface area (Å²) < 4.78 is 23.5. The zero-order valence-electron chi connectivity index (χ0n) is 25.8. The molecule has 3 aliphatic heterocycles. The van der Waals surface area contributed by atoms with Gasteiger partial charge < -0.3 is 70.0 Å². The molecule has 1 saturated heterocycles. The van der Waals surface area contributed by atoms with E-state index < -0.39 is 78.8 Å². The fourth-order valence-corrected chi connectivity index (χ4v) is 6.62. The predicted octanol–water partition coefficient (Wildman–Crippen LogP) is 1.34. The molecule has 0 aliphatic carbocycles. The second-order valence-corrected chi connectivity index (χ2v) is 12.3. The largest absolute Gasteiger partial charge is 0.508 e. The zero-order chi connectivity index (χ0) is 35.6. The van der Waals surface area contributed by atoms with Gasteiger partial charge in [0.1, 0.15) is 70.6 Å². The third-order valence-corrected chi connectivity index (χ3v) is 9.10. The van der Waals surface area contributed by atoms with Gasteiger partial charge in [-0.1, -0.05) is 18.2 Å². The van der Waals surface area contributed by atoms with Crippen molar-refractivity contribution in [3.05, 3.63) is 94.5 Å². The Hall–Kier alpha value is -5.29. The lowest BCUT2D eigenvalue weighted by Crippen LogP contribution is -2.60. The molecule has 7 rings (SSSR count). The average Bonchev–Trinajstić information content (AvgIpc) is 3.49. The summed E-state index contributed by atoms with van der Waals surface area (Å²) in [7, 11) is 0. The third-order valence-electron chi connectivity index (χ3n) is 9.10. The number of ketones is 1. The van der Waals surface area contributed by atoms with E-state index in [0.29, 0.717) is 11.1 Å². The molecule has 9 atom stereocenters. The Morgan fingerprint density at radius 1 is 0.660 bits per heavy atom. The molecular formula is C35H32O15. The van der Waals surface area contributed by atoms with E-state index in [9.17, 15) is 55.9 Å². The molecule has 50 heavy (non-hydrogen) atoms. The van der Waals surface area contributed by atoms with Gasteiger partial charge in [-0.05, 0) is 53.1 Å². The van der Waals surface area contributed by atoms with Gasteiger partial charge in [0.2, 0.25) is 12.1 Å². The van der Waals surface area contributed by atoms with Crippen molar-refractivity contribution in [2.45, 2.75) is 54.9 Å². The van der Waals surface area contributed by atoms with E-state index in [1.54, 1.807) is 12.1 Å². The summed E-state index contributed by atoms with van der Waals surface area (Å²) in [5.41, 5.74) is 0.842. The first-order valence-electron chi connectivity index (χ1n) is 15.4. The molecule has 1 fully saturated rings. The van der Waals surface area contributed by atoms with Crippen molar-refractivity contribution < 1.29 is 74.8 Å². The summed E-state index contributed by atoms with van der Waals surface area (Å²) in [4.78, 5) is 13.8. The molecular weight excluding hydrogens is 660 g/mol. The van der Waals surface area contributed by atoms with Crippen LogP contribution in [0.15, 0.2) is 66.7 Å². The van der Waals surface area contributed by atoms with Crippen LogP contribution in [-0.4, -0.2) is 100 Å². The van der Waals surface area contributed by atoms with Crippen molar-refractivity contribution in [3.8, 4) is 46.0 Å². The van der Waals surface area contributed by atoms with Crippen molar-refractivity contribution in [3.63, 3.8) is 0 Å². The van der Waals surface area contributed by atoms with Crippen LogP contribution in [0, 0.1) is 0 Å². The van der Waals surface area contributed by atoms with E-state index in [0.717, 1.165) is 12.1 Å². The number of carbonyl (C=O) groups excluding carboxylic acids is 1. The molecule has 0 aromatic heterocycles. The van der Waals surface area contributed by atoms with Gasteiger partial charge in [-0.25, -0.2) is 0 Å². The Morgan fingerprint density at radius 3 is 2.00 bits per heavy atom. The van der Waals surface area contributed by atoms with Crippen LogP contribution in [0.1, 0.15) is 50.7 Å². The van der Waals surface area contributed by atoms with Crippen molar-refractivity contribution in [1.82, 2.24) is 0 Å². The van der Waals surface area contributed by atoms with Gasteiger partial charge in [-0.3, -0.25) is 4.79 Å². The molecule has 4 aromatic rings. The van der Waals surface area contributed by atoms with E-state index in [1.165, 1.54) is 42.5 Å². The molecule has 3 heterocycles. The summed E-state index contributed by atoms with van der Waals surface area (Å²) >= 11 is 0. The zero-order valence-corrected chi connectivity index (χ0v) is 25.8. The van der Waals surface area contributed by atoms with Crippen LogP contribution in [0.5, 0.6) is 46.0 Å². The highest BCUT2D eigenvalue weighted by Crippen LogP contribution is 2.58. The molecule has 0 radical (unpaired) electrons. The van der Waals surface area contributed by atoms with Gasteiger partial charge in [-0.15, -0.1) is 0 Å². The van der Waals surface area contributed by atoms with Crippen molar-refractivity contribution in [2.75, 3.05) is 6.61 Å². The van der Waals surface area contributed by atoms with Crippen molar-refractivity contribution in [2.24, 2.45) is 0 Å². The number of aliphatic hydroxyl groups excluding tert-OH is 5. The molecule has 4 aromatic carbocycles. The van der Waals surface area contributed by atoms with Gasteiger partial charge in [0.25, 0.3) is 0 Å². The smallest absolute Gasteiger partial charge is 0.229 e. The fraction of sp³-hybridized carbons (Fsp3) is 0.286. The number of carbonyl (C=O) groups is 1. The molecule has 262 valence electrons. The van der Waals surface area contributed by atoms with E-state index in [2.05, 4.69) is 0 Å². The molecule has 0 saturated carbocycles. The minimum absolute atomic E-state index is 0.102. The number of benzene rings is 4. The Kier molecular flexibility index (Phi) is 8.34. The second kappa shape index (κ2) is 12.5. The van der Waals surface area contributed by atoms with Gasteiger partial charge in [-0.2, -0.15) is 0 Å². The molecule has 0 amide bonds. The summed E-state index contributed by atoms with van der Waals surface area (Å²) in [5, 5.41) is 103. The van der Waals surface area contributed by atoms with Crippen LogP contribution in [0.3, 0.4) is 0 Å². The minimum atomic E-state index is -1.79. The Labute approximate surface area is 282 Å². The van der Waals surface area contributed by atoms with E-state index in [-0.39, 0.29) is 51.2 Å². The van der Waals surface area contributed by atoms with Crippen molar-refractivity contribution in [1.29, 1.82) is 0 Å². The first-order chi connectivity index (χ1) is 23.9. The molecule has 0 spiro atoms. The monoisotopic (exact) mass is 692 g/mol. The van der Waals surface area contributed by atoms with Gasteiger partial charge >= 0.3 is 0 Å². The van der Waals surface area contributed by atoms with Gasteiger partial charge in [0.05, 0.1) is 12.5 Å². The maximum absolute atomic E-state index is 13.8. The molecule has 0 bridgehead atoms. The average molecular weight is 693 g/mol. The molecule has 15 heteroatoms. The van der Waals surface area contributed by atoms with Crippen LogP contribution in [0.2, 0.25) is 0 Å². The number of fused-ring (bicyclic) bond motifs is 3. The number of hydrogen-bond donors (Lipinski definition) is 10. The Balaban J connectivity index is 1.26. The maximum atomic E-state index is 13.8. The molecule has 3 aliphatic rings. The highest BCUT2D eigenvalue weighted by molar-refractivity contribution is 6.06. The number of rotatable bonds is 6. The summed E-state index contributed by atoms with van der Waals surface area (Å²) in [5.74, 6) is -3.72. The first kappa shape index (κ1) is 33.2. The van der Waals surface area contributed by atoms with E-state index in [4.69, 9.17) is 18.9 Å². The molecule has 10 N–H and O–H groups in total. The highest BCUT2D eigenvalue weighted by atomic mass is 16.7. The van der Waals surface area contributed by atoms with E-state index in [1.807, 2.05) is 0 Å². The maximum Gasteiger partial charge on any atom is 0.229 e. The number of Topliss-reactive ketones (excluding diaryl/α,β-unsaturated/α-hetero) is 1. The summed E-state index contributed by atoms with van der Waals surface area (Å²) in [6, 6.07) is 14.8. The van der Waals surface area contributed by atoms with Crippen LogP contribution in [0.4, 0.5) is 0 Å². The number of aliphatic hydroxyl groups is 5. The second-order valence-electron chi connectivity index (χ2n) is 12.3. The number of hydrogen-bond acceptors (Lipinski definition) is 15. The molecule has 0 unspecified atom stereocenters. The number of phenols is 5. The van der Waals surface area contributed by atoms with Crippen LogP contribution < -0.4 is 14.2 Å². The van der Waals surface area contributed by atoms with Gasteiger partial charge in [0, 0.05) is 17.7 Å². The highest BCUT2D eigenvalue weighted by Gasteiger charge is 2.48. The van der Waals surface area contributed by atoms with Crippen LogP contribution in [-0.2, 0) is 4.74 Å². The molecule has 15 nitrogen and oxygen atoms in total. The summed E-state index contributed by atoms with van der Waals surface area (Å²) in [6.45, 7) is -0.641. The van der Waals surface area contributed by atoms with Crippen LogP contribution in [0.25, 0.3) is 0 Å². The van der Waals surface area contributed by atoms with Crippen molar-refractivity contribution >= 4 is 5.78 Å². The Morgan fingerprint density at radius 2 is 1.34 bits per heavy atom. The third kappa shape index (κ3) is 5.55. The SMILES string of the molecule is O=C1c2c(cc(O)c3c2O[C@H](c2ccc(O[C@@H]4O[C@H](CO)[C@@H](O)[C@H](O)[C@H]4O)cc2)[C@H]3c2cc(O)cc(O)c2)O[C@@H](c2ccc(O)c(O)c2)[C@@H]1O. The lowest BCUT2D eigenvalue weighted by atomic mass is 9.82. The van der Waals surface area contributed by atoms with Gasteiger partial charge in [0.15, 0.2) is 23.7 Å². The number of ether oxygens (including phenoxy) is 4. The van der Waals surface area contributed by atoms with E-state index >= 15 is 0 Å². The predicted molar refractivity (Wildman–Crippen MR) is 167 cm³/mol. The minimum Gasteiger partial charge on any atom is -0.508 e. The normalized spacial score (nSPS) is 28.7. The first-order valence-corrected chi connectivity index (χ1v) is 15.4. The lowest BCUT2D eigenvalue weighted by molar-refractivity contribution is -0.277. The lowest BCUT2D eigenvalue weighted by Gasteiger charge is -2.39. The number of phenolic OH excluding ortho intramolecular Hbond substituents is 5. The summed E-state index contributed by atoms with van der Waals surface area (Å²) in [6.07, 6.45) is -11.6. The fourth-order valence-electron chi connectivity index (χ4n) is 6.62. The number of aromatic hydroxyl groups is 5.